The van der Waals surface area contributed by atoms with E-state index in [1.165, 1.54) is 6.33 Å². The molecule has 0 unspecified atom stereocenters. The minimum atomic E-state index is -3.02. The van der Waals surface area contributed by atoms with Crippen LogP contribution in [0, 0.1) is 17.5 Å². The van der Waals surface area contributed by atoms with E-state index in [9.17, 15) is 18.3 Å². The van der Waals surface area contributed by atoms with Crippen LogP contribution in [0.5, 0.6) is 0 Å². The largest absolute Gasteiger partial charge is 0.382 e. The zero-order chi connectivity index (χ0) is 20.5. The number of halogens is 3. The molecule has 2 atom stereocenters. The third kappa shape index (κ3) is 3.22. The predicted octanol–water partition coefficient (Wildman–Crippen LogP) is 2.18. The second-order valence-corrected chi connectivity index (χ2v) is 5.33. The first-order valence-corrected chi connectivity index (χ1v) is 7.08. The lowest BCUT2D eigenvalue weighted by Gasteiger charge is -2.34. The molecule has 2 aromatic heterocycles. The van der Waals surface area contributed by atoms with Crippen LogP contribution in [0.2, 0.25) is 0 Å². The molecular weight excluding hydrogens is 335 g/mol. The van der Waals surface area contributed by atoms with Gasteiger partial charge in [0, 0.05) is 21.7 Å². The lowest BCUT2D eigenvalue weighted by molar-refractivity contribution is -0.0133. The zero-order valence-electron chi connectivity index (χ0n) is 15.6. The van der Waals surface area contributed by atoms with E-state index in [2.05, 4.69) is 20.1 Å². The molecule has 1 aromatic carbocycles. The summed E-state index contributed by atoms with van der Waals surface area (Å²) in [6.45, 7) is -3.63. The number of nitrogens with zero attached hydrogens (tertiary/aromatic N) is 5. The molecule has 0 saturated carbocycles. The maximum absolute atomic E-state index is 14.6. The summed E-state index contributed by atoms with van der Waals surface area (Å²) in [6, 6.07) is 2.26. The van der Waals surface area contributed by atoms with Gasteiger partial charge < -0.3 is 5.11 Å². The molecule has 0 fully saturated rings. The van der Waals surface area contributed by atoms with Gasteiger partial charge in [-0.2, -0.15) is 5.10 Å². The highest BCUT2D eigenvalue weighted by molar-refractivity contribution is 5.30. The van der Waals surface area contributed by atoms with Crippen LogP contribution >= 0.6 is 0 Å². The van der Waals surface area contributed by atoms with Crippen molar-refractivity contribution in [1.29, 1.82) is 0 Å². The van der Waals surface area contributed by atoms with Gasteiger partial charge in [0.25, 0.3) is 0 Å². The van der Waals surface area contributed by atoms with E-state index in [4.69, 9.17) is 4.11 Å². The molecular formula is C16H14F3N5O. The van der Waals surface area contributed by atoms with Gasteiger partial charge in [-0.25, -0.2) is 32.8 Å². The highest BCUT2D eigenvalue weighted by Gasteiger charge is 2.41. The minimum absolute atomic E-state index is 0.495. The lowest BCUT2D eigenvalue weighted by atomic mass is 9.79. The molecule has 0 aliphatic heterocycles. The first-order valence-electron chi connectivity index (χ1n) is 8.58. The molecule has 25 heavy (non-hydrogen) atoms. The Hall–Kier alpha value is -2.81. The van der Waals surface area contributed by atoms with Crippen LogP contribution in [-0.2, 0) is 12.1 Å². The fraction of sp³-hybridized carbons (Fsp3) is 0.250. The van der Waals surface area contributed by atoms with E-state index in [-0.39, 0.29) is 0 Å². The molecule has 0 aliphatic carbocycles. The Bertz CT molecular complexity index is 970. The summed E-state index contributed by atoms with van der Waals surface area (Å²) in [6.07, 6.45) is 3.93. The van der Waals surface area contributed by atoms with Gasteiger partial charge in [-0.3, -0.25) is 0 Å². The highest BCUT2D eigenvalue weighted by atomic mass is 19.1. The molecule has 6 nitrogen and oxygen atoms in total. The Balaban J connectivity index is 2.27. The van der Waals surface area contributed by atoms with E-state index < -0.39 is 53.6 Å². The Morgan fingerprint density at radius 1 is 1.24 bits per heavy atom. The van der Waals surface area contributed by atoms with Crippen molar-refractivity contribution in [3.05, 3.63) is 72.1 Å². The van der Waals surface area contributed by atoms with E-state index in [1.54, 1.807) is 0 Å². The van der Waals surface area contributed by atoms with Gasteiger partial charge in [-0.05, 0) is 6.07 Å². The molecule has 0 radical (unpaired) electrons. The van der Waals surface area contributed by atoms with Gasteiger partial charge in [0.15, 0.2) is 5.82 Å². The minimum Gasteiger partial charge on any atom is -0.382 e. The van der Waals surface area contributed by atoms with Crippen LogP contribution < -0.4 is 0 Å². The van der Waals surface area contributed by atoms with E-state index in [0.29, 0.717) is 6.07 Å². The topological polar surface area (TPSA) is 76.7 Å². The monoisotopic (exact) mass is 352 g/mol. The predicted molar refractivity (Wildman–Crippen MR) is 80.7 cm³/mol. The van der Waals surface area contributed by atoms with Gasteiger partial charge >= 0.3 is 0 Å². The van der Waals surface area contributed by atoms with Gasteiger partial charge in [-0.1, -0.05) is 12.9 Å². The van der Waals surface area contributed by atoms with E-state index >= 15 is 0 Å². The Morgan fingerprint density at radius 3 is 2.72 bits per heavy atom. The van der Waals surface area contributed by atoms with Crippen LogP contribution in [0.25, 0.3) is 0 Å². The lowest BCUT2D eigenvalue weighted by Crippen LogP contribution is -2.39. The molecule has 130 valence electrons. The maximum atomic E-state index is 14.6. The Kier molecular flexibility index (Phi) is 3.56. The first-order chi connectivity index (χ1) is 13.1. The van der Waals surface area contributed by atoms with Crippen molar-refractivity contribution in [2.75, 3.05) is 0 Å². The molecule has 0 bridgehead atoms. The van der Waals surface area contributed by atoms with Crippen molar-refractivity contribution in [3.8, 4) is 0 Å². The number of rotatable bonds is 5. The van der Waals surface area contributed by atoms with Crippen molar-refractivity contribution in [3.63, 3.8) is 0 Å². The third-order valence-electron chi connectivity index (χ3n) is 3.71. The molecule has 3 rings (SSSR count). The standard InChI is InChI=1S/C16H14F3N5O/c1-10(15-14(19)5-20-7-22-15)16(25,6-24-9-21-8-23-24)12-3-2-11(17)4-13(12)18/h2-5,7-10,25H,6H2,1H3/t10-,16+/m1/s1/i1D3. The average Bonchev–Trinajstić information content (AvgIpc) is 3.08. The molecule has 1 N–H and O–H groups in total. The normalized spacial score (nSPS) is 17.2. The van der Waals surface area contributed by atoms with Crippen LogP contribution in [0.4, 0.5) is 13.2 Å². The van der Waals surface area contributed by atoms with Crippen molar-refractivity contribution in [1.82, 2.24) is 24.7 Å². The first kappa shape index (κ1) is 13.5. The Morgan fingerprint density at radius 2 is 2.08 bits per heavy atom. The molecule has 0 spiro atoms. The maximum Gasteiger partial charge on any atom is 0.163 e. The summed E-state index contributed by atoms with van der Waals surface area (Å²) in [5.41, 5.74) is -3.77. The number of aliphatic hydroxyl groups is 1. The SMILES string of the molecule is [2H]C([2H])([2H])[C@H](c1ncncc1F)[C@@](O)(Cn1cncn1)c1ccc(F)cc1F. The van der Waals surface area contributed by atoms with Crippen LogP contribution in [0.3, 0.4) is 0 Å². The second-order valence-electron chi connectivity index (χ2n) is 5.33. The smallest absolute Gasteiger partial charge is 0.163 e. The van der Waals surface area contributed by atoms with E-state index in [0.717, 1.165) is 35.7 Å². The number of benzene rings is 1. The molecule has 0 amide bonds. The summed E-state index contributed by atoms with van der Waals surface area (Å²) < 4.78 is 67.0. The molecule has 2 heterocycles. The second kappa shape index (κ2) is 6.60. The highest BCUT2D eigenvalue weighted by Crippen LogP contribution is 2.39. The molecule has 0 aliphatic rings. The van der Waals surface area contributed by atoms with Crippen molar-refractivity contribution >= 4 is 0 Å². The van der Waals surface area contributed by atoms with Gasteiger partial charge in [0.1, 0.15) is 36.2 Å². The number of hydrogen-bond donors (Lipinski definition) is 1. The van der Waals surface area contributed by atoms with Crippen LogP contribution in [-0.4, -0.2) is 29.8 Å². The van der Waals surface area contributed by atoms with Gasteiger partial charge in [0.2, 0.25) is 0 Å². The van der Waals surface area contributed by atoms with Gasteiger partial charge in [0.05, 0.1) is 18.4 Å². The fourth-order valence-electron chi connectivity index (χ4n) is 2.49. The Labute approximate surface area is 145 Å². The molecule has 9 heteroatoms. The summed E-state index contributed by atoms with van der Waals surface area (Å²) in [5.74, 6) is -5.25. The summed E-state index contributed by atoms with van der Waals surface area (Å²) in [4.78, 5) is 10.8. The zero-order valence-corrected chi connectivity index (χ0v) is 12.6. The molecule has 0 saturated heterocycles. The number of aromatic nitrogens is 5. The van der Waals surface area contributed by atoms with Crippen LogP contribution in [0.15, 0.2) is 43.4 Å². The van der Waals surface area contributed by atoms with Gasteiger partial charge in [-0.15, -0.1) is 0 Å². The summed E-state index contributed by atoms with van der Waals surface area (Å²) >= 11 is 0. The average molecular weight is 352 g/mol. The van der Waals surface area contributed by atoms with Crippen LogP contribution in [0.1, 0.15) is 28.1 Å². The third-order valence-corrected chi connectivity index (χ3v) is 3.71. The number of hydrogen-bond acceptors (Lipinski definition) is 5. The fourth-order valence-corrected chi connectivity index (χ4v) is 2.49. The molecule has 3 aromatic rings. The van der Waals surface area contributed by atoms with E-state index in [1.807, 2.05) is 0 Å². The van der Waals surface area contributed by atoms with Crippen molar-refractivity contribution < 1.29 is 22.4 Å². The van der Waals surface area contributed by atoms with Crippen molar-refractivity contribution in [2.45, 2.75) is 24.9 Å². The quantitative estimate of drug-likeness (QED) is 0.762. The summed E-state index contributed by atoms with van der Waals surface area (Å²) in [7, 11) is 0. The summed E-state index contributed by atoms with van der Waals surface area (Å²) in [5, 5.41) is 15.3. The van der Waals surface area contributed by atoms with Crippen molar-refractivity contribution in [2.24, 2.45) is 0 Å².